The van der Waals surface area contributed by atoms with Crippen molar-refractivity contribution in [3.05, 3.63) is 82.5 Å². The Labute approximate surface area is 198 Å². The van der Waals surface area contributed by atoms with Crippen LogP contribution in [-0.4, -0.2) is 25.1 Å². The van der Waals surface area contributed by atoms with Gasteiger partial charge in [0.15, 0.2) is 0 Å². The van der Waals surface area contributed by atoms with Gasteiger partial charge in [0.05, 0.1) is 17.0 Å². The van der Waals surface area contributed by atoms with Gasteiger partial charge in [-0.1, -0.05) is 24.3 Å². The minimum Gasteiger partial charge on any atom is -0.384 e. The van der Waals surface area contributed by atoms with Crippen LogP contribution >= 0.6 is 15.9 Å². The van der Waals surface area contributed by atoms with Crippen molar-refractivity contribution >= 4 is 54.3 Å². The molecule has 0 aliphatic carbocycles. The van der Waals surface area contributed by atoms with Crippen molar-refractivity contribution in [3.63, 3.8) is 0 Å². The highest BCUT2D eigenvalue weighted by Crippen LogP contribution is 2.32. The average Bonchev–Trinajstić information content (AvgIpc) is 3.16. The number of nitrogen functional groups attached to an aromatic ring is 1. The van der Waals surface area contributed by atoms with E-state index in [1.165, 1.54) is 6.07 Å². The summed E-state index contributed by atoms with van der Waals surface area (Å²) in [5.41, 5.74) is 9.44. The third-order valence-electron chi connectivity index (χ3n) is 5.18. The van der Waals surface area contributed by atoms with Gasteiger partial charge in [-0.15, -0.1) is 0 Å². The second kappa shape index (κ2) is 8.81. The molecule has 8 nitrogen and oxygen atoms in total. The van der Waals surface area contributed by atoms with Gasteiger partial charge in [-0.3, -0.25) is 10.2 Å². The van der Waals surface area contributed by atoms with Crippen LogP contribution in [0.1, 0.15) is 11.1 Å². The standard InChI is InChI=1S/C23H20BrN5O3S/c24-18-10-13(16-3-1-2-4-21(16)33(27,31)32)5-8-20(18)29-22(30)11-15-12-28-19-7-6-14(23(25)26)9-17(15)19/h1-10,12,28H,11H2,(H3,25,26)(H,29,30)(H2,27,31,32). The molecule has 4 rings (SSSR count). The van der Waals surface area contributed by atoms with Gasteiger partial charge in [0, 0.05) is 32.7 Å². The highest BCUT2D eigenvalue weighted by Gasteiger charge is 2.16. The molecular weight excluding hydrogens is 506 g/mol. The van der Waals surface area contributed by atoms with Crippen LogP contribution in [0.5, 0.6) is 0 Å². The fourth-order valence-corrected chi connectivity index (χ4v) is 4.84. The number of rotatable bonds is 6. The van der Waals surface area contributed by atoms with Gasteiger partial charge in [0.25, 0.3) is 0 Å². The third-order valence-corrected chi connectivity index (χ3v) is 6.80. The van der Waals surface area contributed by atoms with Crippen LogP contribution in [0, 0.1) is 5.41 Å². The molecule has 1 heterocycles. The molecule has 0 aliphatic heterocycles. The monoisotopic (exact) mass is 525 g/mol. The summed E-state index contributed by atoms with van der Waals surface area (Å²) in [6, 6.07) is 17.0. The van der Waals surface area contributed by atoms with Gasteiger partial charge in [0.1, 0.15) is 5.84 Å². The van der Waals surface area contributed by atoms with Gasteiger partial charge in [-0.2, -0.15) is 0 Å². The first-order chi connectivity index (χ1) is 15.6. The molecule has 33 heavy (non-hydrogen) atoms. The van der Waals surface area contributed by atoms with Gasteiger partial charge in [-0.05, 0) is 63.5 Å². The number of amidine groups is 1. The first-order valence-corrected chi connectivity index (χ1v) is 12.1. The van der Waals surface area contributed by atoms with E-state index in [9.17, 15) is 13.2 Å². The van der Waals surface area contributed by atoms with Crippen molar-refractivity contribution in [2.24, 2.45) is 10.9 Å². The van der Waals surface area contributed by atoms with E-state index < -0.39 is 10.0 Å². The van der Waals surface area contributed by atoms with E-state index in [0.29, 0.717) is 26.9 Å². The molecule has 1 amide bonds. The number of aromatic nitrogens is 1. The maximum atomic E-state index is 12.7. The molecule has 0 bridgehead atoms. The molecular formula is C23H20BrN5O3S. The van der Waals surface area contributed by atoms with E-state index in [2.05, 4.69) is 26.2 Å². The number of carbonyl (C=O) groups excluding carboxylic acids is 1. The van der Waals surface area contributed by atoms with Crippen molar-refractivity contribution in [3.8, 4) is 11.1 Å². The molecule has 4 aromatic rings. The molecule has 0 saturated heterocycles. The molecule has 3 aromatic carbocycles. The van der Waals surface area contributed by atoms with E-state index in [4.69, 9.17) is 16.3 Å². The van der Waals surface area contributed by atoms with Gasteiger partial charge >= 0.3 is 0 Å². The fourth-order valence-electron chi connectivity index (χ4n) is 3.60. The number of amides is 1. The summed E-state index contributed by atoms with van der Waals surface area (Å²) in [6.07, 6.45) is 1.88. The molecule has 0 unspecified atom stereocenters. The SMILES string of the molecule is N=C(N)c1ccc2[nH]cc(CC(=O)Nc3ccc(-c4ccccc4S(N)(=O)=O)cc3Br)c2c1. The Balaban J connectivity index is 1.56. The highest BCUT2D eigenvalue weighted by molar-refractivity contribution is 9.10. The lowest BCUT2D eigenvalue weighted by molar-refractivity contribution is -0.115. The zero-order valence-corrected chi connectivity index (χ0v) is 19.6. The molecule has 7 N–H and O–H groups in total. The van der Waals surface area contributed by atoms with E-state index in [-0.39, 0.29) is 23.1 Å². The third kappa shape index (κ3) is 4.82. The summed E-state index contributed by atoms with van der Waals surface area (Å²) in [4.78, 5) is 15.9. The highest BCUT2D eigenvalue weighted by atomic mass is 79.9. The number of benzene rings is 3. The summed E-state index contributed by atoms with van der Waals surface area (Å²) in [5.74, 6) is -0.274. The van der Waals surface area contributed by atoms with E-state index >= 15 is 0 Å². The van der Waals surface area contributed by atoms with E-state index in [1.54, 1.807) is 54.7 Å². The molecule has 1 aromatic heterocycles. The lowest BCUT2D eigenvalue weighted by atomic mass is 10.0. The van der Waals surface area contributed by atoms with Crippen LogP contribution < -0.4 is 16.2 Å². The molecule has 10 heteroatoms. The fraction of sp³-hybridized carbons (Fsp3) is 0.0435. The van der Waals surface area contributed by atoms with Crippen molar-refractivity contribution in [1.82, 2.24) is 4.98 Å². The number of anilines is 1. The zero-order chi connectivity index (χ0) is 23.8. The lowest BCUT2D eigenvalue weighted by Crippen LogP contribution is -2.15. The number of primary sulfonamides is 1. The van der Waals surface area contributed by atoms with Gasteiger partial charge in [0.2, 0.25) is 15.9 Å². The Morgan fingerprint density at radius 2 is 1.85 bits per heavy atom. The summed E-state index contributed by atoms with van der Waals surface area (Å²) < 4.78 is 24.4. The minimum atomic E-state index is -3.89. The Kier molecular flexibility index (Phi) is 6.07. The van der Waals surface area contributed by atoms with Crippen molar-refractivity contribution < 1.29 is 13.2 Å². The lowest BCUT2D eigenvalue weighted by Gasteiger charge is -2.12. The maximum absolute atomic E-state index is 12.7. The van der Waals surface area contributed by atoms with Gasteiger partial charge in [-0.25, -0.2) is 13.6 Å². The number of hydrogen-bond acceptors (Lipinski definition) is 4. The molecule has 0 atom stereocenters. The summed E-state index contributed by atoms with van der Waals surface area (Å²) in [6.45, 7) is 0. The normalized spacial score (nSPS) is 11.5. The number of hydrogen-bond donors (Lipinski definition) is 5. The number of nitrogens with two attached hydrogens (primary N) is 2. The van der Waals surface area contributed by atoms with E-state index in [1.807, 2.05) is 6.07 Å². The summed E-state index contributed by atoms with van der Waals surface area (Å²) >= 11 is 3.45. The molecule has 0 aliphatic rings. The van der Waals surface area contributed by atoms with E-state index in [0.717, 1.165) is 16.5 Å². The topological polar surface area (TPSA) is 155 Å². The predicted molar refractivity (Wildman–Crippen MR) is 133 cm³/mol. The van der Waals surface area contributed by atoms with Gasteiger partial charge < -0.3 is 16.0 Å². The molecule has 0 saturated carbocycles. The van der Waals surface area contributed by atoms with Crippen LogP contribution in [0.25, 0.3) is 22.0 Å². The van der Waals surface area contributed by atoms with Crippen molar-refractivity contribution in [2.45, 2.75) is 11.3 Å². The molecule has 0 fully saturated rings. The summed E-state index contributed by atoms with van der Waals surface area (Å²) in [5, 5.41) is 16.6. The van der Waals surface area contributed by atoms with Crippen LogP contribution in [0.15, 0.2) is 76.2 Å². The second-order valence-corrected chi connectivity index (χ2v) is 9.83. The Morgan fingerprint density at radius 3 is 2.55 bits per heavy atom. The summed E-state index contributed by atoms with van der Waals surface area (Å²) in [7, 11) is -3.89. The Bertz CT molecular complexity index is 1510. The van der Waals surface area contributed by atoms with Crippen LogP contribution in [0.2, 0.25) is 0 Å². The number of fused-ring (bicyclic) bond motifs is 1. The number of halogens is 1. The number of carbonyl (C=O) groups is 1. The average molecular weight is 526 g/mol. The molecule has 0 radical (unpaired) electrons. The number of sulfonamides is 1. The first-order valence-electron chi connectivity index (χ1n) is 9.79. The Morgan fingerprint density at radius 1 is 1.09 bits per heavy atom. The molecule has 0 spiro atoms. The maximum Gasteiger partial charge on any atom is 0.238 e. The minimum absolute atomic E-state index is 0.0259. The molecule has 168 valence electrons. The van der Waals surface area contributed by atoms with Crippen molar-refractivity contribution in [1.29, 1.82) is 5.41 Å². The Hall–Kier alpha value is -3.47. The predicted octanol–water partition coefficient (Wildman–Crippen LogP) is 3.71. The smallest absolute Gasteiger partial charge is 0.238 e. The van der Waals surface area contributed by atoms with Crippen molar-refractivity contribution in [2.75, 3.05) is 5.32 Å². The van der Waals surface area contributed by atoms with Crippen LogP contribution in [0.4, 0.5) is 5.69 Å². The number of aromatic amines is 1. The van der Waals surface area contributed by atoms with Crippen LogP contribution in [-0.2, 0) is 21.2 Å². The quantitative estimate of drug-likeness (QED) is 0.192. The largest absolute Gasteiger partial charge is 0.384 e. The number of H-pyrrole nitrogens is 1. The second-order valence-electron chi connectivity index (χ2n) is 7.45. The first kappa shape index (κ1) is 22.7. The number of nitrogens with one attached hydrogen (secondary N) is 3. The zero-order valence-electron chi connectivity index (χ0n) is 17.2. The van der Waals surface area contributed by atoms with Crippen LogP contribution in [0.3, 0.4) is 0 Å².